The normalized spacial score (nSPS) is 13.0. The van der Waals surface area contributed by atoms with Gasteiger partial charge in [-0.1, -0.05) is 0 Å². The lowest BCUT2D eigenvalue weighted by atomic mass is 9.82. The molecule has 0 aromatic heterocycles. The van der Waals surface area contributed by atoms with Crippen molar-refractivity contribution in [1.82, 2.24) is 0 Å². The molecular weight excluding hydrogens is 305 g/mol. The summed E-state index contributed by atoms with van der Waals surface area (Å²) in [6.45, 7) is 0. The lowest BCUT2D eigenvalue weighted by Crippen LogP contribution is -2.25. The van der Waals surface area contributed by atoms with Gasteiger partial charge in [0.15, 0.2) is 17.4 Å². The van der Waals surface area contributed by atoms with E-state index in [1.165, 1.54) is 0 Å². The zero-order chi connectivity index (χ0) is 16.3. The van der Waals surface area contributed by atoms with Crippen LogP contribution in [0.2, 0.25) is 0 Å². The summed E-state index contributed by atoms with van der Waals surface area (Å²) in [7, 11) is 0. The molecule has 5 nitrogen and oxygen atoms in total. The third-order valence-electron chi connectivity index (χ3n) is 3.37. The summed E-state index contributed by atoms with van der Waals surface area (Å²) in [6, 6.07) is 1.75. The van der Waals surface area contributed by atoms with Crippen LogP contribution < -0.4 is 0 Å². The van der Waals surface area contributed by atoms with Gasteiger partial charge in [-0.25, -0.2) is 8.78 Å². The number of aromatic hydroxyl groups is 3. The second kappa shape index (κ2) is 4.23. The van der Waals surface area contributed by atoms with Crippen molar-refractivity contribution in [2.45, 2.75) is 0 Å². The van der Waals surface area contributed by atoms with Crippen molar-refractivity contribution in [2.75, 3.05) is 0 Å². The van der Waals surface area contributed by atoms with E-state index < -0.39 is 68.5 Å². The predicted molar refractivity (Wildman–Crippen MR) is 64.6 cm³/mol. The minimum atomic E-state index is -2.03. The molecule has 0 saturated heterocycles. The van der Waals surface area contributed by atoms with Crippen molar-refractivity contribution in [3.63, 3.8) is 0 Å². The Bertz CT molecular complexity index is 817. The van der Waals surface area contributed by atoms with E-state index >= 15 is 0 Å². The Labute approximate surface area is 119 Å². The van der Waals surface area contributed by atoms with Crippen molar-refractivity contribution >= 4 is 11.6 Å². The van der Waals surface area contributed by atoms with Crippen LogP contribution >= 0.6 is 0 Å². The summed E-state index contributed by atoms with van der Waals surface area (Å²) in [4.78, 5) is 24.4. The highest BCUT2D eigenvalue weighted by Gasteiger charge is 2.41. The Morgan fingerprint density at radius 1 is 0.636 bits per heavy atom. The molecule has 2 aromatic rings. The molecule has 22 heavy (non-hydrogen) atoms. The summed E-state index contributed by atoms with van der Waals surface area (Å²) < 4.78 is 41.2. The van der Waals surface area contributed by atoms with Crippen LogP contribution in [0.1, 0.15) is 31.8 Å². The molecule has 112 valence electrons. The topological polar surface area (TPSA) is 94.8 Å². The monoisotopic (exact) mass is 310 g/mol. The smallest absolute Gasteiger partial charge is 0.204 e. The van der Waals surface area contributed by atoms with Gasteiger partial charge in [0.25, 0.3) is 0 Å². The van der Waals surface area contributed by atoms with Crippen LogP contribution in [0.15, 0.2) is 12.1 Å². The minimum absolute atomic E-state index is 0.748. The zero-order valence-corrected chi connectivity index (χ0v) is 10.4. The van der Waals surface area contributed by atoms with E-state index in [9.17, 15) is 33.0 Å². The largest absolute Gasteiger partial charge is 0.507 e. The number of phenolic OH excluding ortho intramolecular Hbond substituents is 3. The summed E-state index contributed by atoms with van der Waals surface area (Å²) in [5, 5.41) is 28.4. The first-order valence-electron chi connectivity index (χ1n) is 5.81. The molecule has 0 saturated carbocycles. The molecule has 0 aliphatic heterocycles. The van der Waals surface area contributed by atoms with Gasteiger partial charge in [0, 0.05) is 0 Å². The van der Waals surface area contributed by atoms with E-state index in [1.54, 1.807) is 0 Å². The van der Waals surface area contributed by atoms with Gasteiger partial charge in [-0.15, -0.1) is 0 Å². The molecule has 0 atom stereocenters. The van der Waals surface area contributed by atoms with Crippen molar-refractivity contribution in [3.05, 3.63) is 51.8 Å². The Morgan fingerprint density at radius 2 is 1.05 bits per heavy atom. The highest BCUT2D eigenvalue weighted by atomic mass is 19.2. The second-order valence-electron chi connectivity index (χ2n) is 4.55. The van der Waals surface area contributed by atoms with Gasteiger partial charge in [0.05, 0.1) is 22.3 Å². The van der Waals surface area contributed by atoms with Gasteiger partial charge in [0.1, 0.15) is 11.5 Å². The number of benzene rings is 2. The molecule has 1 aliphatic carbocycles. The first-order chi connectivity index (χ1) is 10.3. The molecule has 2 aromatic carbocycles. The lowest BCUT2D eigenvalue weighted by molar-refractivity contribution is 0.0965. The van der Waals surface area contributed by atoms with Crippen molar-refractivity contribution in [2.24, 2.45) is 0 Å². The van der Waals surface area contributed by atoms with E-state index in [4.69, 9.17) is 5.11 Å². The highest BCUT2D eigenvalue weighted by molar-refractivity contribution is 6.30. The van der Waals surface area contributed by atoms with Crippen LogP contribution in [-0.4, -0.2) is 26.9 Å². The maximum absolute atomic E-state index is 13.9. The summed E-state index contributed by atoms with van der Waals surface area (Å²) >= 11 is 0. The number of phenols is 3. The standard InChI is InChI=1S/C14H5F3O5/c15-9-7-8(10(16)14(22)11(9)17)13(21)6-4(19)2-1-3(18)5(6)12(7)20/h1-2,18-19,22H. The first kappa shape index (κ1) is 13.9. The van der Waals surface area contributed by atoms with Crippen LogP contribution in [0.4, 0.5) is 13.2 Å². The SMILES string of the molecule is O=C1c2c(O)ccc(O)c2C(=O)c2c(F)c(F)c(O)c(F)c21. The number of halogens is 3. The number of fused-ring (bicyclic) bond motifs is 2. The summed E-state index contributed by atoms with van der Waals surface area (Å²) in [5.74, 6) is -11.8. The molecule has 0 fully saturated rings. The molecular formula is C14H5F3O5. The molecule has 0 radical (unpaired) electrons. The van der Waals surface area contributed by atoms with E-state index in [-0.39, 0.29) is 0 Å². The fourth-order valence-electron chi connectivity index (χ4n) is 2.36. The summed E-state index contributed by atoms with van der Waals surface area (Å²) in [5.41, 5.74) is -3.95. The molecule has 3 N–H and O–H groups in total. The average Bonchev–Trinajstić information content (AvgIpc) is 2.48. The number of hydrogen-bond acceptors (Lipinski definition) is 5. The van der Waals surface area contributed by atoms with Gasteiger partial charge in [-0.2, -0.15) is 4.39 Å². The number of carbonyl (C=O) groups excluding carboxylic acids is 2. The lowest BCUT2D eigenvalue weighted by Gasteiger charge is -2.20. The Kier molecular flexibility index (Phi) is 2.68. The zero-order valence-electron chi connectivity index (χ0n) is 10.4. The summed E-state index contributed by atoms with van der Waals surface area (Å²) in [6.07, 6.45) is 0. The molecule has 8 heteroatoms. The Morgan fingerprint density at radius 3 is 1.50 bits per heavy atom. The number of rotatable bonds is 0. The fourth-order valence-corrected chi connectivity index (χ4v) is 2.36. The number of hydrogen-bond donors (Lipinski definition) is 3. The third kappa shape index (κ3) is 1.49. The van der Waals surface area contributed by atoms with E-state index in [0.29, 0.717) is 0 Å². The highest BCUT2D eigenvalue weighted by Crippen LogP contribution is 2.41. The number of carbonyl (C=O) groups is 2. The molecule has 0 amide bonds. The van der Waals surface area contributed by atoms with Gasteiger partial charge in [0.2, 0.25) is 17.4 Å². The molecule has 0 heterocycles. The van der Waals surface area contributed by atoms with Crippen molar-refractivity contribution in [3.8, 4) is 17.2 Å². The minimum Gasteiger partial charge on any atom is -0.507 e. The van der Waals surface area contributed by atoms with E-state index in [0.717, 1.165) is 12.1 Å². The maximum atomic E-state index is 13.9. The molecule has 1 aliphatic rings. The predicted octanol–water partition coefficient (Wildman–Crippen LogP) is 2.00. The molecule has 0 spiro atoms. The fraction of sp³-hybridized carbons (Fsp3) is 0. The van der Waals surface area contributed by atoms with Gasteiger partial charge >= 0.3 is 0 Å². The molecule has 0 bridgehead atoms. The van der Waals surface area contributed by atoms with Crippen molar-refractivity contribution < 1.29 is 38.1 Å². The van der Waals surface area contributed by atoms with Crippen LogP contribution in [0.5, 0.6) is 17.2 Å². The second-order valence-corrected chi connectivity index (χ2v) is 4.55. The van der Waals surface area contributed by atoms with E-state index in [2.05, 4.69) is 0 Å². The average molecular weight is 310 g/mol. The van der Waals surface area contributed by atoms with Crippen LogP contribution in [0.25, 0.3) is 0 Å². The van der Waals surface area contributed by atoms with Crippen molar-refractivity contribution in [1.29, 1.82) is 0 Å². The maximum Gasteiger partial charge on any atom is 0.204 e. The molecule has 0 unspecified atom stereocenters. The third-order valence-corrected chi connectivity index (χ3v) is 3.37. The Balaban J connectivity index is 2.50. The van der Waals surface area contributed by atoms with Crippen LogP contribution in [0, 0.1) is 17.5 Å². The quantitative estimate of drug-likeness (QED) is 0.436. The van der Waals surface area contributed by atoms with Gasteiger partial charge in [-0.3, -0.25) is 9.59 Å². The molecule has 3 rings (SSSR count). The Hall–Kier alpha value is -3.03. The van der Waals surface area contributed by atoms with Gasteiger partial charge < -0.3 is 15.3 Å². The first-order valence-corrected chi connectivity index (χ1v) is 5.81. The van der Waals surface area contributed by atoms with E-state index in [1.807, 2.05) is 0 Å². The van der Waals surface area contributed by atoms with Gasteiger partial charge in [-0.05, 0) is 12.1 Å². The van der Waals surface area contributed by atoms with Crippen LogP contribution in [-0.2, 0) is 0 Å². The van der Waals surface area contributed by atoms with Crippen LogP contribution in [0.3, 0.4) is 0 Å². The number of ketones is 2.